The highest BCUT2D eigenvalue weighted by Gasteiger charge is 2.49. The van der Waals surface area contributed by atoms with E-state index in [1.165, 1.54) is 6.07 Å². The molecule has 0 aliphatic carbocycles. The Labute approximate surface area is 293 Å². The summed E-state index contributed by atoms with van der Waals surface area (Å²) in [5.74, 6) is 1.32. The van der Waals surface area contributed by atoms with Gasteiger partial charge in [-0.3, -0.25) is 14.7 Å². The molecule has 2 aliphatic rings. The summed E-state index contributed by atoms with van der Waals surface area (Å²) >= 11 is 6.73. The Morgan fingerprint density at radius 2 is 1.66 bits per heavy atom. The van der Waals surface area contributed by atoms with Crippen LogP contribution in [0.15, 0.2) is 71.5 Å². The third kappa shape index (κ3) is 6.59. The van der Waals surface area contributed by atoms with E-state index >= 15 is 4.39 Å². The predicted octanol–water partition coefficient (Wildman–Crippen LogP) is 7.27. The van der Waals surface area contributed by atoms with E-state index in [-0.39, 0.29) is 34.1 Å². The molecule has 0 spiro atoms. The summed E-state index contributed by atoms with van der Waals surface area (Å²) in [5.41, 5.74) is 1.87. The van der Waals surface area contributed by atoms with E-state index in [9.17, 15) is 9.18 Å². The third-order valence-electron chi connectivity index (χ3n) is 9.82. The summed E-state index contributed by atoms with van der Waals surface area (Å²) in [6.07, 6.45) is 1.15. The number of aromatic amines is 1. The summed E-state index contributed by atoms with van der Waals surface area (Å²) in [5, 5.41) is 0.0180. The number of nitrogens with one attached hydrogen (secondary N) is 1. The molecule has 12 heteroatoms. The first-order chi connectivity index (χ1) is 24.2. The second-order valence-corrected chi connectivity index (χ2v) is 13.5. The van der Waals surface area contributed by atoms with Crippen molar-refractivity contribution in [3.8, 4) is 28.8 Å². The molecule has 4 heterocycles. The lowest BCUT2D eigenvalue weighted by Gasteiger charge is -2.30. The minimum absolute atomic E-state index is 0.0107. The van der Waals surface area contributed by atoms with Gasteiger partial charge in [-0.2, -0.15) is 4.98 Å². The van der Waals surface area contributed by atoms with Crippen LogP contribution in [0.2, 0.25) is 5.02 Å². The fourth-order valence-corrected chi connectivity index (χ4v) is 7.47. The Kier molecular flexibility index (Phi) is 9.36. The lowest BCUT2D eigenvalue weighted by Crippen LogP contribution is -2.43. The van der Waals surface area contributed by atoms with Gasteiger partial charge >= 0.3 is 0 Å². The number of methoxy groups -OCH3 is 2. The number of rotatable bonds is 11. The quantitative estimate of drug-likeness (QED) is 0.154. The number of ether oxygens (including phenoxy) is 3. The number of benzene rings is 3. The molecule has 9 nitrogen and oxygen atoms in total. The molecule has 0 bridgehead atoms. The Morgan fingerprint density at radius 1 is 1.00 bits per heavy atom. The van der Waals surface area contributed by atoms with Crippen molar-refractivity contribution in [1.82, 2.24) is 19.9 Å². The number of hydrogen-bond acceptors (Lipinski definition) is 8. The topological polar surface area (TPSA) is 92.8 Å². The van der Waals surface area contributed by atoms with Crippen LogP contribution >= 0.6 is 11.6 Å². The van der Waals surface area contributed by atoms with E-state index in [1.54, 1.807) is 14.2 Å². The van der Waals surface area contributed by atoms with Crippen molar-refractivity contribution in [2.75, 3.05) is 38.8 Å². The molecule has 3 aromatic carbocycles. The van der Waals surface area contributed by atoms with Crippen molar-refractivity contribution in [2.24, 2.45) is 0 Å². The van der Waals surface area contributed by atoms with Gasteiger partial charge in [0, 0.05) is 26.1 Å². The molecule has 0 saturated carbocycles. The maximum Gasteiger partial charge on any atom is 0.297 e. The minimum Gasteiger partial charge on any atom is -0.497 e. The predicted molar refractivity (Wildman–Crippen MR) is 190 cm³/mol. The van der Waals surface area contributed by atoms with Gasteiger partial charge in [0.15, 0.2) is 5.82 Å². The van der Waals surface area contributed by atoms with E-state index in [0.717, 1.165) is 42.0 Å². The van der Waals surface area contributed by atoms with Gasteiger partial charge in [-0.15, -0.1) is 0 Å². The number of nitrogens with zero attached hydrogens (tertiary/aromatic N) is 4. The summed E-state index contributed by atoms with van der Waals surface area (Å²) in [7, 11) is 3.25. The highest BCUT2D eigenvalue weighted by molar-refractivity contribution is 6.34. The van der Waals surface area contributed by atoms with Crippen molar-refractivity contribution < 1.29 is 23.0 Å². The Bertz CT molecular complexity index is 2030. The number of pyridine rings is 1. The number of aryl methyl sites for hydroxylation is 1. The number of halogens is 3. The molecule has 2 aromatic heterocycles. The maximum absolute atomic E-state index is 16.6. The van der Waals surface area contributed by atoms with Crippen LogP contribution in [0.25, 0.3) is 22.2 Å². The van der Waals surface area contributed by atoms with Crippen LogP contribution in [0.5, 0.6) is 17.5 Å². The molecule has 260 valence electrons. The number of anilines is 1. The highest BCUT2D eigenvalue weighted by Crippen LogP contribution is 2.41. The van der Waals surface area contributed by atoms with Gasteiger partial charge in [0.05, 0.1) is 41.4 Å². The van der Waals surface area contributed by atoms with Crippen LogP contribution in [0.4, 0.5) is 14.6 Å². The molecule has 2 saturated heterocycles. The summed E-state index contributed by atoms with van der Waals surface area (Å²) in [6.45, 7) is 4.13. The molecular weight excluding hydrogens is 664 g/mol. The first-order valence-electron chi connectivity index (χ1n) is 16.6. The highest BCUT2D eigenvalue weighted by atomic mass is 35.5. The molecule has 0 radical (unpaired) electrons. The SMILES string of the molecule is COc1ccc(CN(Cc2ccc(OC)cc2)c2ccc(C)c(-c3c(Cl)cc4c(=O)[nH]c(OC[C@@]56CCCN5C[C@H](F)C6)nc4c3F)n2)cc1. The number of H-pyrrole nitrogens is 1. The summed E-state index contributed by atoms with van der Waals surface area (Å²) in [4.78, 5) is 29.3. The standard InChI is InChI=1S/C38H38ClF2N5O4/c1-23-5-14-31(45(19-24-6-10-27(48-2)11-7-24)20-25-8-12-28(49-3)13-9-25)42-34(23)32-30(39)17-29-35(33(32)41)43-37(44-36(29)47)50-22-38-15-4-16-46(38)21-26(40)18-38/h5-14,17,26H,4,15-16,18-22H2,1-3H3,(H,43,44,47)/t26-,38+/m1/s1. The first kappa shape index (κ1) is 33.7. The Hall–Kier alpha value is -4.74. The van der Waals surface area contributed by atoms with Gasteiger partial charge in [-0.05, 0) is 79.4 Å². The van der Waals surface area contributed by atoms with Crippen molar-refractivity contribution >= 4 is 28.3 Å². The molecule has 50 heavy (non-hydrogen) atoms. The molecule has 1 N–H and O–H groups in total. The van der Waals surface area contributed by atoms with Gasteiger partial charge in [-0.25, -0.2) is 13.8 Å². The monoisotopic (exact) mass is 701 g/mol. The molecule has 0 amide bonds. The van der Waals surface area contributed by atoms with Crippen LogP contribution in [-0.2, 0) is 13.1 Å². The number of aromatic nitrogens is 3. The average molecular weight is 702 g/mol. The zero-order chi connectivity index (χ0) is 35.0. The molecular formula is C38H38ClF2N5O4. The summed E-state index contributed by atoms with van der Waals surface area (Å²) < 4.78 is 47.6. The van der Waals surface area contributed by atoms with Gasteiger partial charge < -0.3 is 19.1 Å². The van der Waals surface area contributed by atoms with Gasteiger partial charge in [0.25, 0.3) is 11.6 Å². The average Bonchev–Trinajstić information content (AvgIpc) is 3.64. The van der Waals surface area contributed by atoms with E-state index in [4.69, 9.17) is 30.8 Å². The fraction of sp³-hybridized carbons (Fsp3) is 0.342. The van der Waals surface area contributed by atoms with Crippen LogP contribution in [0.1, 0.15) is 36.0 Å². The van der Waals surface area contributed by atoms with Gasteiger partial charge in [0.2, 0.25) is 0 Å². The van der Waals surface area contributed by atoms with Crippen LogP contribution in [0.3, 0.4) is 0 Å². The van der Waals surface area contributed by atoms with Gasteiger partial charge in [0.1, 0.15) is 35.6 Å². The number of alkyl halides is 1. The second-order valence-electron chi connectivity index (χ2n) is 13.1. The lowest BCUT2D eigenvalue weighted by atomic mass is 9.95. The normalized spacial score (nSPS) is 18.7. The smallest absolute Gasteiger partial charge is 0.297 e. The number of hydrogen-bond donors (Lipinski definition) is 1. The van der Waals surface area contributed by atoms with E-state index in [2.05, 4.69) is 19.8 Å². The van der Waals surface area contributed by atoms with Crippen LogP contribution in [0, 0.1) is 12.7 Å². The van der Waals surface area contributed by atoms with Crippen molar-refractivity contribution in [2.45, 2.75) is 51.0 Å². The Balaban J connectivity index is 1.25. The molecule has 2 fully saturated rings. The van der Waals surface area contributed by atoms with Crippen LogP contribution < -0.4 is 24.7 Å². The first-order valence-corrected chi connectivity index (χ1v) is 17.0. The van der Waals surface area contributed by atoms with Gasteiger partial charge in [-0.1, -0.05) is 41.9 Å². The maximum atomic E-state index is 16.6. The van der Waals surface area contributed by atoms with Crippen LogP contribution in [-0.4, -0.2) is 65.5 Å². The second kappa shape index (κ2) is 13.9. The zero-order valence-corrected chi connectivity index (χ0v) is 28.9. The van der Waals surface area contributed by atoms with Crippen molar-refractivity contribution in [3.63, 3.8) is 0 Å². The molecule has 0 unspecified atom stereocenters. The molecule has 2 atom stereocenters. The van der Waals surface area contributed by atoms with Crippen molar-refractivity contribution in [1.29, 1.82) is 0 Å². The minimum atomic E-state index is -0.931. The zero-order valence-electron chi connectivity index (χ0n) is 28.1. The number of fused-ring (bicyclic) bond motifs is 2. The molecule has 5 aromatic rings. The van der Waals surface area contributed by atoms with E-state index < -0.39 is 23.1 Å². The third-order valence-corrected chi connectivity index (χ3v) is 10.1. The van der Waals surface area contributed by atoms with E-state index in [1.807, 2.05) is 67.6 Å². The summed E-state index contributed by atoms with van der Waals surface area (Å²) in [6, 6.07) is 20.6. The molecule has 2 aliphatic heterocycles. The van der Waals surface area contributed by atoms with E-state index in [0.29, 0.717) is 43.1 Å². The molecule has 7 rings (SSSR count). The van der Waals surface area contributed by atoms with Crippen molar-refractivity contribution in [3.05, 3.63) is 105 Å². The fourth-order valence-electron chi connectivity index (χ4n) is 7.19. The Morgan fingerprint density at radius 3 is 2.30 bits per heavy atom. The largest absolute Gasteiger partial charge is 0.497 e. The lowest BCUT2D eigenvalue weighted by molar-refractivity contribution is 0.107.